The smallest absolute Gasteiger partial charge is 0.232 e. The lowest BCUT2D eigenvalue weighted by Gasteiger charge is -2.17. The Kier molecular flexibility index (Phi) is 4.55. The van der Waals surface area contributed by atoms with Crippen LogP contribution in [0.3, 0.4) is 0 Å². The standard InChI is InChI=1S/C15H15NO6S/c1-21-12-8-11(17)15(22-2)13(14(12)18)9-4-6-10(7-5-9)16-23(3,19)20/h4-8,16H,1-3H3. The molecule has 23 heavy (non-hydrogen) atoms. The molecule has 1 aliphatic carbocycles. The number of ether oxygens (including phenoxy) is 2. The summed E-state index contributed by atoms with van der Waals surface area (Å²) in [5.74, 6) is -1.12. The van der Waals surface area contributed by atoms with E-state index < -0.39 is 21.6 Å². The van der Waals surface area contributed by atoms with Crippen LogP contribution >= 0.6 is 0 Å². The van der Waals surface area contributed by atoms with Gasteiger partial charge in [0.05, 0.1) is 26.0 Å². The molecule has 0 fully saturated rings. The molecule has 0 unspecified atom stereocenters. The number of ketones is 2. The van der Waals surface area contributed by atoms with Crippen LogP contribution in [0.1, 0.15) is 5.56 Å². The highest BCUT2D eigenvalue weighted by molar-refractivity contribution is 7.92. The lowest BCUT2D eigenvalue weighted by molar-refractivity contribution is -0.118. The molecule has 0 saturated carbocycles. The van der Waals surface area contributed by atoms with Gasteiger partial charge in [-0.3, -0.25) is 14.3 Å². The van der Waals surface area contributed by atoms with Gasteiger partial charge in [0.25, 0.3) is 0 Å². The fourth-order valence-corrected chi connectivity index (χ4v) is 2.70. The molecular weight excluding hydrogens is 322 g/mol. The van der Waals surface area contributed by atoms with Crippen molar-refractivity contribution in [3.8, 4) is 0 Å². The second kappa shape index (κ2) is 6.25. The highest BCUT2D eigenvalue weighted by Gasteiger charge is 2.31. The predicted molar refractivity (Wildman–Crippen MR) is 83.9 cm³/mol. The van der Waals surface area contributed by atoms with Gasteiger partial charge in [-0.05, 0) is 17.7 Å². The van der Waals surface area contributed by atoms with Gasteiger partial charge in [-0.25, -0.2) is 8.42 Å². The van der Waals surface area contributed by atoms with E-state index in [1.807, 2.05) is 0 Å². The summed E-state index contributed by atoms with van der Waals surface area (Å²) in [6, 6.07) is 6.01. The molecule has 0 atom stereocenters. The molecule has 122 valence electrons. The third kappa shape index (κ3) is 3.59. The minimum atomic E-state index is -3.40. The fraction of sp³-hybridized carbons (Fsp3) is 0.200. The summed E-state index contributed by atoms with van der Waals surface area (Å²) in [4.78, 5) is 24.4. The highest BCUT2D eigenvalue weighted by Crippen LogP contribution is 2.29. The van der Waals surface area contributed by atoms with E-state index >= 15 is 0 Å². The maximum Gasteiger partial charge on any atom is 0.232 e. The zero-order valence-electron chi connectivity index (χ0n) is 12.7. The van der Waals surface area contributed by atoms with Gasteiger partial charge in [-0.15, -0.1) is 0 Å². The molecule has 0 heterocycles. The van der Waals surface area contributed by atoms with Gasteiger partial charge in [0.15, 0.2) is 11.5 Å². The van der Waals surface area contributed by atoms with E-state index in [1.54, 1.807) is 0 Å². The number of anilines is 1. The van der Waals surface area contributed by atoms with Crippen LogP contribution in [0.4, 0.5) is 5.69 Å². The van der Waals surface area contributed by atoms with Crippen LogP contribution in [0.25, 0.3) is 5.57 Å². The van der Waals surface area contributed by atoms with Crippen LogP contribution in [-0.4, -0.2) is 40.5 Å². The van der Waals surface area contributed by atoms with Gasteiger partial charge in [0.1, 0.15) is 0 Å². The maximum atomic E-state index is 12.4. The molecule has 0 aliphatic heterocycles. The van der Waals surface area contributed by atoms with Crippen molar-refractivity contribution in [3.63, 3.8) is 0 Å². The van der Waals surface area contributed by atoms with E-state index in [0.29, 0.717) is 11.3 Å². The van der Waals surface area contributed by atoms with E-state index in [0.717, 1.165) is 12.3 Å². The number of rotatable bonds is 5. The molecule has 1 N–H and O–H groups in total. The van der Waals surface area contributed by atoms with Crippen molar-refractivity contribution in [1.29, 1.82) is 0 Å². The summed E-state index contributed by atoms with van der Waals surface area (Å²) in [6.45, 7) is 0. The number of allylic oxidation sites excluding steroid dienone is 2. The number of methoxy groups -OCH3 is 2. The summed E-state index contributed by atoms with van der Waals surface area (Å²) in [5.41, 5.74) is 0.831. The average Bonchev–Trinajstić information content (AvgIpc) is 2.48. The summed E-state index contributed by atoms with van der Waals surface area (Å²) in [5, 5.41) is 0. The van der Waals surface area contributed by atoms with Gasteiger partial charge in [-0.2, -0.15) is 0 Å². The molecule has 2 rings (SSSR count). The van der Waals surface area contributed by atoms with Crippen LogP contribution in [0.5, 0.6) is 0 Å². The monoisotopic (exact) mass is 337 g/mol. The normalized spacial score (nSPS) is 15.3. The number of sulfonamides is 1. The molecule has 1 aromatic rings. The Morgan fingerprint density at radius 2 is 1.61 bits per heavy atom. The Hall–Kier alpha value is -2.61. The summed E-state index contributed by atoms with van der Waals surface area (Å²) >= 11 is 0. The van der Waals surface area contributed by atoms with Gasteiger partial charge < -0.3 is 9.47 Å². The maximum absolute atomic E-state index is 12.4. The van der Waals surface area contributed by atoms with Crippen molar-refractivity contribution >= 4 is 32.9 Å². The first-order chi connectivity index (χ1) is 10.8. The molecule has 7 nitrogen and oxygen atoms in total. The van der Waals surface area contributed by atoms with Crippen molar-refractivity contribution in [3.05, 3.63) is 47.4 Å². The van der Waals surface area contributed by atoms with E-state index in [1.165, 1.54) is 38.5 Å². The molecule has 0 bridgehead atoms. The van der Waals surface area contributed by atoms with E-state index in [2.05, 4.69) is 4.72 Å². The molecular formula is C15H15NO6S. The molecule has 0 saturated heterocycles. The number of carbonyl (C=O) groups excluding carboxylic acids is 2. The average molecular weight is 337 g/mol. The first-order valence-electron chi connectivity index (χ1n) is 6.48. The van der Waals surface area contributed by atoms with Crippen molar-refractivity contribution in [1.82, 2.24) is 0 Å². The number of Topliss-reactive ketones (excluding diaryl/α,β-unsaturated/α-hetero) is 1. The van der Waals surface area contributed by atoms with Crippen LogP contribution in [-0.2, 0) is 29.1 Å². The zero-order chi connectivity index (χ0) is 17.2. The Balaban J connectivity index is 2.46. The largest absolute Gasteiger partial charge is 0.492 e. The van der Waals surface area contributed by atoms with Crippen molar-refractivity contribution in [2.75, 3.05) is 25.2 Å². The minimum Gasteiger partial charge on any atom is -0.492 e. The van der Waals surface area contributed by atoms with Crippen LogP contribution < -0.4 is 4.72 Å². The van der Waals surface area contributed by atoms with Gasteiger partial charge in [-0.1, -0.05) is 12.1 Å². The Morgan fingerprint density at radius 1 is 1.00 bits per heavy atom. The Labute approximate surface area is 133 Å². The third-order valence-electron chi connectivity index (χ3n) is 3.06. The lowest BCUT2D eigenvalue weighted by Crippen LogP contribution is -2.20. The first kappa shape index (κ1) is 16.8. The van der Waals surface area contributed by atoms with Gasteiger partial charge >= 0.3 is 0 Å². The number of nitrogens with one attached hydrogen (secondary N) is 1. The molecule has 0 amide bonds. The molecule has 0 radical (unpaired) electrons. The van der Waals surface area contributed by atoms with E-state index in [-0.39, 0.29) is 17.1 Å². The molecule has 0 spiro atoms. The zero-order valence-corrected chi connectivity index (χ0v) is 13.6. The number of carbonyl (C=O) groups is 2. The first-order valence-corrected chi connectivity index (χ1v) is 8.37. The number of hydrogen-bond donors (Lipinski definition) is 1. The topological polar surface area (TPSA) is 98.8 Å². The van der Waals surface area contributed by atoms with Crippen molar-refractivity contribution in [2.45, 2.75) is 0 Å². The quantitative estimate of drug-likeness (QED) is 0.808. The highest BCUT2D eigenvalue weighted by atomic mass is 32.2. The second-order valence-electron chi connectivity index (χ2n) is 4.77. The summed E-state index contributed by atoms with van der Waals surface area (Å²) in [6.07, 6.45) is 2.11. The SMILES string of the molecule is COC1=CC(=O)C(OC)=C(c2ccc(NS(C)(=O)=O)cc2)C1=O. The molecule has 8 heteroatoms. The van der Waals surface area contributed by atoms with Gasteiger partial charge in [0.2, 0.25) is 21.6 Å². The van der Waals surface area contributed by atoms with Crippen LogP contribution in [0.15, 0.2) is 41.9 Å². The summed E-state index contributed by atoms with van der Waals surface area (Å²) < 4.78 is 34.7. The molecule has 0 aromatic heterocycles. The lowest BCUT2D eigenvalue weighted by atomic mass is 9.93. The Bertz CT molecular complexity index is 818. The minimum absolute atomic E-state index is 0.0720. The predicted octanol–water partition coefficient (Wildman–Crippen LogP) is 1.10. The van der Waals surface area contributed by atoms with Crippen molar-refractivity contribution in [2.24, 2.45) is 0 Å². The van der Waals surface area contributed by atoms with Gasteiger partial charge in [0, 0.05) is 11.8 Å². The molecule has 1 aliphatic rings. The number of benzene rings is 1. The number of hydrogen-bond acceptors (Lipinski definition) is 6. The van der Waals surface area contributed by atoms with Crippen molar-refractivity contribution < 1.29 is 27.5 Å². The van der Waals surface area contributed by atoms with E-state index in [4.69, 9.17) is 9.47 Å². The van der Waals surface area contributed by atoms with E-state index in [9.17, 15) is 18.0 Å². The second-order valence-corrected chi connectivity index (χ2v) is 6.51. The molecule has 1 aromatic carbocycles. The van der Waals surface area contributed by atoms with Crippen LogP contribution in [0.2, 0.25) is 0 Å². The Morgan fingerprint density at radius 3 is 2.09 bits per heavy atom. The fourth-order valence-electron chi connectivity index (χ4n) is 2.14. The van der Waals surface area contributed by atoms with Crippen LogP contribution in [0, 0.1) is 0 Å². The third-order valence-corrected chi connectivity index (χ3v) is 3.67. The summed E-state index contributed by atoms with van der Waals surface area (Å²) in [7, 11) is -0.805.